The second-order valence-electron chi connectivity index (χ2n) is 7.67. The first-order chi connectivity index (χ1) is 9.03. The van der Waals surface area contributed by atoms with E-state index in [1.165, 1.54) is 5.06 Å². The summed E-state index contributed by atoms with van der Waals surface area (Å²) < 4.78 is 32.0. The summed E-state index contributed by atoms with van der Waals surface area (Å²) in [6.07, 6.45) is 1.95. The highest BCUT2D eigenvalue weighted by molar-refractivity contribution is 7.80. The van der Waals surface area contributed by atoms with Gasteiger partial charge in [-0.2, -0.15) is 0 Å². The van der Waals surface area contributed by atoms with Crippen LogP contribution in [0.2, 0.25) is 0 Å². The summed E-state index contributed by atoms with van der Waals surface area (Å²) >= 11 is 0. The van der Waals surface area contributed by atoms with Crippen LogP contribution < -0.4 is 0 Å². The Kier molecular flexibility index (Phi) is 6.40. The molecular formula is C13H29N2O5S. The van der Waals surface area contributed by atoms with Crippen LogP contribution in [0.25, 0.3) is 0 Å². The monoisotopic (exact) mass is 325 g/mol. The molecule has 0 aromatic heterocycles. The molecule has 0 aromatic carbocycles. The van der Waals surface area contributed by atoms with Gasteiger partial charge in [-0.3, -0.25) is 4.18 Å². The molecule has 0 saturated carbocycles. The number of hydroxylamine groups is 2. The van der Waals surface area contributed by atoms with Gasteiger partial charge >= 0.3 is 0 Å². The number of piperidine rings is 1. The van der Waals surface area contributed by atoms with Crippen molar-refractivity contribution in [2.45, 2.75) is 57.7 Å². The molecule has 7 nitrogen and oxygen atoms in total. The number of hydrogen-bond donors (Lipinski definition) is 0. The van der Waals surface area contributed by atoms with Crippen molar-refractivity contribution in [1.29, 1.82) is 0 Å². The standard InChI is InChI=1S/C12H26N2O.CH4O4S/c1-11(2)8-10(14(5,6)7)9-12(3,4)13(11)15;1-5-6(2,3)4/h10H,8-9H2,1-7H3;1H3,(H,2,3,4)/q+1;/p-1. The average molecular weight is 325 g/mol. The van der Waals surface area contributed by atoms with E-state index in [-0.39, 0.29) is 11.1 Å². The summed E-state index contributed by atoms with van der Waals surface area (Å²) in [6.45, 7) is 8.24. The average Bonchev–Trinajstić information content (AvgIpc) is 2.23. The van der Waals surface area contributed by atoms with Crippen molar-refractivity contribution < 1.29 is 26.8 Å². The van der Waals surface area contributed by atoms with Gasteiger partial charge in [0, 0.05) is 23.9 Å². The molecule has 1 aliphatic heterocycles. The minimum Gasteiger partial charge on any atom is -0.726 e. The number of nitrogens with zero attached hydrogens (tertiary/aromatic N) is 2. The molecule has 0 amide bonds. The fraction of sp³-hybridized carbons (Fsp3) is 1.00. The Morgan fingerprint density at radius 3 is 1.57 bits per heavy atom. The number of hydrogen-bond acceptors (Lipinski definition) is 5. The van der Waals surface area contributed by atoms with Crippen molar-refractivity contribution in [3.8, 4) is 0 Å². The molecule has 127 valence electrons. The van der Waals surface area contributed by atoms with Crippen LogP contribution in [0.5, 0.6) is 0 Å². The second kappa shape index (κ2) is 6.47. The fourth-order valence-electron chi connectivity index (χ4n) is 2.76. The molecule has 0 bridgehead atoms. The highest BCUT2D eigenvalue weighted by Crippen LogP contribution is 2.39. The van der Waals surface area contributed by atoms with Gasteiger partial charge in [-0.05, 0) is 27.7 Å². The zero-order valence-electron chi connectivity index (χ0n) is 14.3. The highest BCUT2D eigenvalue weighted by Gasteiger charge is 2.49. The largest absolute Gasteiger partial charge is 0.726 e. The zero-order valence-corrected chi connectivity index (χ0v) is 15.2. The third-order valence-corrected chi connectivity index (χ3v) is 4.28. The number of quaternary nitrogens is 1. The summed E-state index contributed by atoms with van der Waals surface area (Å²) in [5, 5.41) is 13.4. The molecule has 0 spiro atoms. The smallest absolute Gasteiger partial charge is 0.217 e. The minimum absolute atomic E-state index is 0.238. The quantitative estimate of drug-likeness (QED) is 0.432. The van der Waals surface area contributed by atoms with Crippen LogP contribution in [-0.4, -0.2) is 67.9 Å². The highest BCUT2D eigenvalue weighted by atomic mass is 32.3. The molecule has 1 radical (unpaired) electrons. The lowest BCUT2D eigenvalue weighted by atomic mass is 9.78. The first kappa shape index (κ1) is 20.8. The predicted octanol–water partition coefficient (Wildman–Crippen LogP) is 1.15. The van der Waals surface area contributed by atoms with Crippen molar-refractivity contribution in [3.05, 3.63) is 0 Å². The van der Waals surface area contributed by atoms with Gasteiger partial charge in [0.1, 0.15) is 0 Å². The molecule has 1 rings (SSSR count). The van der Waals surface area contributed by atoms with E-state index in [9.17, 15) is 18.2 Å². The maximum Gasteiger partial charge on any atom is 0.217 e. The van der Waals surface area contributed by atoms with Gasteiger partial charge in [-0.25, -0.2) is 8.42 Å². The molecule has 21 heavy (non-hydrogen) atoms. The van der Waals surface area contributed by atoms with E-state index in [1.54, 1.807) is 0 Å². The summed E-state index contributed by atoms with van der Waals surface area (Å²) in [6, 6.07) is 0.570. The van der Waals surface area contributed by atoms with E-state index < -0.39 is 10.4 Å². The Bertz CT molecular complexity index is 422. The third kappa shape index (κ3) is 6.58. The lowest BCUT2D eigenvalue weighted by Crippen LogP contribution is -2.64. The normalized spacial score (nSPS) is 23.3. The maximum atomic E-state index is 12.2. The Morgan fingerprint density at radius 1 is 1.10 bits per heavy atom. The molecule has 1 aliphatic rings. The molecule has 8 heteroatoms. The Hall–Kier alpha value is -0.250. The van der Waals surface area contributed by atoms with Gasteiger partial charge in [0.25, 0.3) is 0 Å². The Morgan fingerprint density at radius 2 is 1.38 bits per heavy atom. The zero-order chi connectivity index (χ0) is 17.3. The first-order valence-corrected chi connectivity index (χ1v) is 8.16. The van der Waals surface area contributed by atoms with Crippen LogP contribution in [0, 0.1) is 0 Å². The van der Waals surface area contributed by atoms with E-state index in [1.807, 2.05) is 0 Å². The van der Waals surface area contributed by atoms with Crippen molar-refractivity contribution in [1.82, 2.24) is 5.06 Å². The van der Waals surface area contributed by atoms with Gasteiger partial charge in [0.05, 0.1) is 34.3 Å². The van der Waals surface area contributed by atoms with Gasteiger partial charge in [0.15, 0.2) is 0 Å². The summed E-state index contributed by atoms with van der Waals surface area (Å²) in [5.41, 5.74) is -0.476. The number of rotatable bonds is 2. The topological polar surface area (TPSA) is 89.6 Å². The van der Waals surface area contributed by atoms with E-state index in [0.29, 0.717) is 6.04 Å². The van der Waals surface area contributed by atoms with Crippen LogP contribution >= 0.6 is 0 Å². The molecule has 0 aromatic rings. The van der Waals surface area contributed by atoms with Gasteiger partial charge in [-0.1, -0.05) is 0 Å². The molecule has 0 aliphatic carbocycles. The van der Waals surface area contributed by atoms with E-state index >= 15 is 0 Å². The lowest BCUT2D eigenvalue weighted by molar-refractivity contribution is -0.899. The molecule has 1 fully saturated rings. The van der Waals surface area contributed by atoms with E-state index in [2.05, 4.69) is 53.0 Å². The van der Waals surface area contributed by atoms with Crippen LogP contribution in [0.4, 0.5) is 0 Å². The molecule has 0 unspecified atom stereocenters. The van der Waals surface area contributed by atoms with Crippen LogP contribution in [0.1, 0.15) is 40.5 Å². The summed E-state index contributed by atoms with van der Waals surface area (Å²) in [4.78, 5) is 0. The summed E-state index contributed by atoms with van der Waals surface area (Å²) in [7, 11) is 3.05. The van der Waals surface area contributed by atoms with Crippen LogP contribution in [0.15, 0.2) is 0 Å². The van der Waals surface area contributed by atoms with Gasteiger partial charge in [-0.15, -0.1) is 10.3 Å². The second-order valence-corrected chi connectivity index (χ2v) is 8.82. The van der Waals surface area contributed by atoms with Crippen LogP contribution in [0.3, 0.4) is 0 Å². The van der Waals surface area contributed by atoms with Crippen molar-refractivity contribution in [2.24, 2.45) is 0 Å². The van der Waals surface area contributed by atoms with Crippen molar-refractivity contribution in [3.63, 3.8) is 0 Å². The molecule has 1 heterocycles. The van der Waals surface area contributed by atoms with Crippen molar-refractivity contribution >= 4 is 10.4 Å². The Balaban J connectivity index is 0.000000567. The van der Waals surface area contributed by atoms with E-state index in [0.717, 1.165) is 24.4 Å². The molecule has 1 saturated heterocycles. The van der Waals surface area contributed by atoms with Gasteiger partial charge < -0.3 is 9.04 Å². The summed E-state index contributed by atoms with van der Waals surface area (Å²) in [5.74, 6) is 0. The Labute approximate surface area is 129 Å². The lowest BCUT2D eigenvalue weighted by Gasteiger charge is -2.52. The molecule has 0 N–H and O–H groups in total. The minimum atomic E-state index is -4.41. The first-order valence-electron chi connectivity index (χ1n) is 6.83. The van der Waals surface area contributed by atoms with Crippen molar-refractivity contribution in [2.75, 3.05) is 28.3 Å². The molecule has 0 atom stereocenters. The van der Waals surface area contributed by atoms with E-state index in [4.69, 9.17) is 0 Å². The molecular weight excluding hydrogens is 296 g/mol. The third-order valence-electron chi connectivity index (χ3n) is 3.87. The maximum absolute atomic E-state index is 12.2. The predicted molar refractivity (Wildman–Crippen MR) is 78.4 cm³/mol. The van der Waals surface area contributed by atoms with Crippen LogP contribution in [-0.2, 0) is 19.8 Å². The van der Waals surface area contributed by atoms with Gasteiger partial charge in [0.2, 0.25) is 10.4 Å². The fourth-order valence-corrected chi connectivity index (χ4v) is 2.76. The SMILES string of the molecule is CC1(C)CC([N+](C)(C)C)CC(C)(C)N1[O].COS(=O)(=O)[O-].